The lowest BCUT2D eigenvalue weighted by Crippen LogP contribution is -2.38. The van der Waals surface area contributed by atoms with Crippen molar-refractivity contribution in [3.8, 4) is 0 Å². The molecule has 0 radical (unpaired) electrons. The minimum absolute atomic E-state index is 0. The molecule has 0 aliphatic carbocycles. The molecule has 1 unspecified atom stereocenters. The third-order valence-electron chi connectivity index (χ3n) is 1.67. The lowest BCUT2D eigenvalue weighted by molar-refractivity contribution is -0.142. The van der Waals surface area contributed by atoms with Gasteiger partial charge in [-0.25, -0.2) is 0 Å². The predicted octanol–water partition coefficient (Wildman–Crippen LogP) is 2.20. The number of hydrogen-bond acceptors (Lipinski definition) is 2. The summed E-state index contributed by atoms with van der Waals surface area (Å²) in [4.78, 5) is 10.5. The molecular weight excluding hydrogens is 235 g/mol. The molecule has 0 saturated heterocycles. The molecule has 1 atom stereocenters. The molecule has 0 amide bonds. The second-order valence-electron chi connectivity index (χ2n) is 3.00. The van der Waals surface area contributed by atoms with E-state index in [9.17, 15) is 18.0 Å². The second-order valence-corrected chi connectivity index (χ2v) is 3.00. The van der Waals surface area contributed by atoms with Gasteiger partial charge in [-0.15, -0.1) is 12.4 Å². The van der Waals surface area contributed by atoms with Gasteiger partial charge in [0, 0.05) is 6.54 Å². The molecule has 7 heteroatoms. The van der Waals surface area contributed by atoms with Gasteiger partial charge >= 0.3 is 12.1 Å². The molecule has 0 aliphatic rings. The Morgan fingerprint density at radius 3 is 2.33 bits per heavy atom. The van der Waals surface area contributed by atoms with Gasteiger partial charge in [-0.2, -0.15) is 13.2 Å². The smallest absolute Gasteiger partial charge is 0.390 e. The van der Waals surface area contributed by atoms with Crippen molar-refractivity contribution in [3.05, 3.63) is 0 Å². The lowest BCUT2D eigenvalue weighted by atomic mass is 10.1. The zero-order valence-corrected chi connectivity index (χ0v) is 9.12. The zero-order chi connectivity index (χ0) is 11.2. The standard InChI is InChI=1S/C8H14F3NO2.ClH/c1-2-3-6(7(13)14)12-5-4-8(9,10)11;/h6,12H,2-5H2,1H3,(H,13,14);1H. The third-order valence-corrected chi connectivity index (χ3v) is 1.67. The van der Waals surface area contributed by atoms with Gasteiger partial charge in [0.1, 0.15) is 6.04 Å². The maximum atomic E-state index is 11.7. The Kier molecular flexibility index (Phi) is 8.75. The maximum absolute atomic E-state index is 11.7. The van der Waals surface area contributed by atoms with E-state index in [2.05, 4.69) is 5.32 Å². The van der Waals surface area contributed by atoms with Crippen LogP contribution in [0.3, 0.4) is 0 Å². The summed E-state index contributed by atoms with van der Waals surface area (Å²) in [5, 5.41) is 10.9. The van der Waals surface area contributed by atoms with E-state index < -0.39 is 24.6 Å². The molecule has 0 aliphatic heterocycles. The molecule has 92 valence electrons. The van der Waals surface area contributed by atoms with Crippen LogP contribution in [0.1, 0.15) is 26.2 Å². The number of rotatable bonds is 6. The quantitative estimate of drug-likeness (QED) is 0.759. The minimum atomic E-state index is -4.23. The van der Waals surface area contributed by atoms with Crippen molar-refractivity contribution < 1.29 is 23.1 Å². The fourth-order valence-corrected chi connectivity index (χ4v) is 0.990. The Balaban J connectivity index is 0. The largest absolute Gasteiger partial charge is 0.480 e. The van der Waals surface area contributed by atoms with E-state index in [1.165, 1.54) is 0 Å². The molecule has 0 saturated carbocycles. The van der Waals surface area contributed by atoms with Crippen LogP contribution < -0.4 is 5.32 Å². The average molecular weight is 250 g/mol. The first kappa shape index (κ1) is 16.9. The van der Waals surface area contributed by atoms with Gasteiger partial charge in [-0.1, -0.05) is 13.3 Å². The summed E-state index contributed by atoms with van der Waals surface area (Å²) in [5.74, 6) is -1.10. The van der Waals surface area contributed by atoms with Crippen molar-refractivity contribution >= 4 is 18.4 Å². The summed E-state index contributed by atoms with van der Waals surface area (Å²) >= 11 is 0. The molecule has 0 aromatic rings. The van der Waals surface area contributed by atoms with Crippen LogP contribution in [-0.4, -0.2) is 29.8 Å². The van der Waals surface area contributed by atoms with Crippen molar-refractivity contribution in [1.82, 2.24) is 5.32 Å². The van der Waals surface area contributed by atoms with Crippen molar-refractivity contribution in [2.75, 3.05) is 6.54 Å². The Bertz CT molecular complexity index is 187. The summed E-state index contributed by atoms with van der Waals surface area (Å²) in [6.07, 6.45) is -4.27. The first-order valence-electron chi connectivity index (χ1n) is 4.39. The van der Waals surface area contributed by atoms with Crippen LogP contribution in [0.25, 0.3) is 0 Å². The van der Waals surface area contributed by atoms with E-state index in [1.54, 1.807) is 6.92 Å². The molecule has 2 N–H and O–H groups in total. The Labute approximate surface area is 92.4 Å². The molecule has 0 fully saturated rings. The van der Waals surface area contributed by atoms with E-state index in [4.69, 9.17) is 5.11 Å². The fraction of sp³-hybridized carbons (Fsp3) is 0.875. The number of carboxylic acid groups (broad SMARTS) is 1. The highest BCUT2D eigenvalue weighted by atomic mass is 35.5. The molecule has 0 heterocycles. The van der Waals surface area contributed by atoms with Crippen LogP contribution >= 0.6 is 12.4 Å². The molecule has 0 bridgehead atoms. The molecule has 3 nitrogen and oxygen atoms in total. The summed E-state index contributed by atoms with van der Waals surface area (Å²) in [7, 11) is 0. The van der Waals surface area contributed by atoms with Gasteiger partial charge in [0.05, 0.1) is 6.42 Å². The van der Waals surface area contributed by atoms with Crippen LogP contribution in [0.15, 0.2) is 0 Å². The first-order chi connectivity index (χ1) is 6.37. The molecular formula is C8H15ClF3NO2. The summed E-state index contributed by atoms with van der Waals surface area (Å²) < 4.78 is 35.1. The zero-order valence-electron chi connectivity index (χ0n) is 8.30. The number of nitrogens with one attached hydrogen (secondary N) is 1. The van der Waals surface area contributed by atoms with E-state index in [0.29, 0.717) is 12.8 Å². The van der Waals surface area contributed by atoms with E-state index in [1.807, 2.05) is 0 Å². The fourth-order valence-electron chi connectivity index (χ4n) is 0.990. The van der Waals surface area contributed by atoms with E-state index in [0.717, 1.165) is 0 Å². The summed E-state index contributed by atoms with van der Waals surface area (Å²) in [5.41, 5.74) is 0. The van der Waals surface area contributed by atoms with Crippen LogP contribution in [0.2, 0.25) is 0 Å². The molecule has 0 rings (SSSR count). The monoisotopic (exact) mass is 249 g/mol. The summed E-state index contributed by atoms with van der Waals surface area (Å²) in [6, 6.07) is -0.873. The minimum Gasteiger partial charge on any atom is -0.480 e. The van der Waals surface area contributed by atoms with E-state index >= 15 is 0 Å². The number of aliphatic carboxylic acids is 1. The molecule has 0 aromatic heterocycles. The van der Waals surface area contributed by atoms with Gasteiger partial charge in [0.25, 0.3) is 0 Å². The number of hydrogen-bond donors (Lipinski definition) is 2. The number of carboxylic acids is 1. The van der Waals surface area contributed by atoms with Crippen LogP contribution in [0.4, 0.5) is 13.2 Å². The van der Waals surface area contributed by atoms with Crippen molar-refractivity contribution in [3.63, 3.8) is 0 Å². The highest BCUT2D eigenvalue weighted by Crippen LogP contribution is 2.18. The van der Waals surface area contributed by atoms with Gasteiger partial charge in [0.15, 0.2) is 0 Å². The third kappa shape index (κ3) is 9.81. The van der Waals surface area contributed by atoms with Crippen LogP contribution in [0.5, 0.6) is 0 Å². The van der Waals surface area contributed by atoms with E-state index in [-0.39, 0.29) is 19.0 Å². The van der Waals surface area contributed by atoms with Crippen molar-refractivity contribution in [2.45, 2.75) is 38.4 Å². The number of alkyl halides is 3. The van der Waals surface area contributed by atoms with Crippen molar-refractivity contribution in [1.29, 1.82) is 0 Å². The lowest BCUT2D eigenvalue weighted by Gasteiger charge is -2.14. The Hall–Kier alpha value is -0.490. The Morgan fingerprint density at radius 1 is 1.47 bits per heavy atom. The predicted molar refractivity (Wildman–Crippen MR) is 52.3 cm³/mol. The Morgan fingerprint density at radius 2 is 2.00 bits per heavy atom. The summed E-state index contributed by atoms with van der Waals surface area (Å²) in [6.45, 7) is 1.43. The van der Waals surface area contributed by atoms with Crippen LogP contribution in [-0.2, 0) is 4.79 Å². The van der Waals surface area contributed by atoms with Gasteiger partial charge in [0.2, 0.25) is 0 Å². The topological polar surface area (TPSA) is 49.3 Å². The maximum Gasteiger partial charge on any atom is 0.390 e. The average Bonchev–Trinajstić information content (AvgIpc) is 2.00. The van der Waals surface area contributed by atoms with Crippen molar-refractivity contribution in [2.24, 2.45) is 0 Å². The molecule has 0 spiro atoms. The molecule has 15 heavy (non-hydrogen) atoms. The highest BCUT2D eigenvalue weighted by molar-refractivity contribution is 5.85. The molecule has 0 aromatic carbocycles. The van der Waals surface area contributed by atoms with Gasteiger partial charge < -0.3 is 10.4 Å². The second kappa shape index (κ2) is 7.76. The van der Waals surface area contributed by atoms with Crippen LogP contribution in [0, 0.1) is 0 Å². The SMILES string of the molecule is CCCC(NCCC(F)(F)F)C(=O)O.Cl. The van der Waals surface area contributed by atoms with Gasteiger partial charge in [-0.3, -0.25) is 4.79 Å². The normalized spacial score (nSPS) is 13.1. The number of carbonyl (C=O) groups is 1. The van der Waals surface area contributed by atoms with Gasteiger partial charge in [-0.05, 0) is 6.42 Å². The number of halogens is 4. The highest BCUT2D eigenvalue weighted by Gasteiger charge is 2.27. The first-order valence-corrected chi connectivity index (χ1v) is 4.39.